The number of fused-ring (bicyclic) bond motifs is 1. The molecule has 0 saturated carbocycles. The van der Waals surface area contributed by atoms with Crippen molar-refractivity contribution >= 4 is 22.6 Å². The van der Waals surface area contributed by atoms with Crippen LogP contribution in [0.3, 0.4) is 0 Å². The highest BCUT2D eigenvalue weighted by molar-refractivity contribution is 5.93. The van der Waals surface area contributed by atoms with Crippen LogP contribution in [0, 0.1) is 0 Å². The lowest BCUT2D eigenvalue weighted by Crippen LogP contribution is -2.03. The molecule has 0 fully saturated rings. The largest absolute Gasteiger partial charge is 0.478 e. The van der Waals surface area contributed by atoms with E-state index in [2.05, 4.69) is 4.98 Å². The number of carbonyl (C=O) groups is 1. The molecule has 0 spiro atoms. The first-order valence-corrected chi connectivity index (χ1v) is 6.29. The molecule has 0 bridgehead atoms. The molecule has 0 aliphatic heterocycles. The zero-order valence-corrected chi connectivity index (χ0v) is 11.0. The Morgan fingerprint density at radius 1 is 1.14 bits per heavy atom. The smallest absolute Gasteiger partial charge is 0.339 e. The number of aromatic nitrogens is 1. The van der Waals surface area contributed by atoms with Crippen LogP contribution in [0.15, 0.2) is 54.7 Å². The normalized spacial score (nSPS) is 10.5. The summed E-state index contributed by atoms with van der Waals surface area (Å²) in [5, 5.41) is 10.1. The van der Waals surface area contributed by atoms with E-state index in [0.717, 1.165) is 10.9 Å². The number of pyridine rings is 1. The minimum atomic E-state index is -1.09. The SMILES string of the molecule is Nc1cccc(C(=O)O)c1Oc1cnc2ccccc2c1. The fourth-order valence-electron chi connectivity index (χ4n) is 2.06. The number of anilines is 1. The van der Waals surface area contributed by atoms with E-state index in [9.17, 15) is 9.90 Å². The molecule has 5 nitrogen and oxygen atoms in total. The Balaban J connectivity index is 2.04. The van der Waals surface area contributed by atoms with Gasteiger partial charge in [-0.05, 0) is 24.3 Å². The number of hydrogen-bond donors (Lipinski definition) is 2. The van der Waals surface area contributed by atoms with Crippen molar-refractivity contribution in [1.29, 1.82) is 0 Å². The number of benzene rings is 2. The Kier molecular flexibility index (Phi) is 3.16. The summed E-state index contributed by atoms with van der Waals surface area (Å²) in [6, 6.07) is 14.0. The van der Waals surface area contributed by atoms with Gasteiger partial charge in [0.15, 0.2) is 5.75 Å². The molecule has 2 aromatic carbocycles. The second-order valence-electron chi connectivity index (χ2n) is 4.49. The average molecular weight is 280 g/mol. The van der Waals surface area contributed by atoms with Gasteiger partial charge in [0.2, 0.25) is 0 Å². The molecule has 1 aromatic heterocycles. The highest BCUT2D eigenvalue weighted by atomic mass is 16.5. The Morgan fingerprint density at radius 3 is 2.76 bits per heavy atom. The molecule has 5 heteroatoms. The first kappa shape index (κ1) is 12.9. The van der Waals surface area contributed by atoms with E-state index in [-0.39, 0.29) is 17.0 Å². The maximum atomic E-state index is 11.2. The molecule has 1 heterocycles. The van der Waals surface area contributed by atoms with E-state index < -0.39 is 5.97 Å². The number of ether oxygens (including phenoxy) is 1. The summed E-state index contributed by atoms with van der Waals surface area (Å²) in [5.41, 5.74) is 6.93. The van der Waals surface area contributed by atoms with Gasteiger partial charge in [0, 0.05) is 5.39 Å². The molecule has 0 aliphatic rings. The molecule has 0 aliphatic carbocycles. The molecule has 21 heavy (non-hydrogen) atoms. The standard InChI is InChI=1S/C16H12N2O3/c17-13-6-3-5-12(16(19)20)15(13)21-11-8-10-4-1-2-7-14(10)18-9-11/h1-9H,17H2,(H,19,20). The van der Waals surface area contributed by atoms with Crippen LogP contribution in [0.25, 0.3) is 10.9 Å². The summed E-state index contributed by atoms with van der Waals surface area (Å²) < 4.78 is 5.64. The Bertz CT molecular complexity index is 831. The molecule has 3 aromatic rings. The van der Waals surface area contributed by atoms with E-state index in [1.165, 1.54) is 6.07 Å². The quantitative estimate of drug-likeness (QED) is 0.719. The lowest BCUT2D eigenvalue weighted by atomic mass is 10.1. The van der Waals surface area contributed by atoms with E-state index in [1.807, 2.05) is 24.3 Å². The number of rotatable bonds is 3. The number of hydrogen-bond acceptors (Lipinski definition) is 4. The highest BCUT2D eigenvalue weighted by Crippen LogP contribution is 2.32. The number of nitrogens with zero attached hydrogens (tertiary/aromatic N) is 1. The average Bonchev–Trinajstić information content (AvgIpc) is 2.49. The minimum absolute atomic E-state index is 0.0168. The predicted molar refractivity (Wildman–Crippen MR) is 79.6 cm³/mol. The fraction of sp³-hybridized carbons (Fsp3) is 0. The van der Waals surface area contributed by atoms with Crippen molar-refractivity contribution in [1.82, 2.24) is 4.98 Å². The zero-order chi connectivity index (χ0) is 14.8. The molecule has 104 valence electrons. The summed E-state index contributed by atoms with van der Waals surface area (Å²) >= 11 is 0. The molecular formula is C16H12N2O3. The van der Waals surface area contributed by atoms with Gasteiger partial charge >= 0.3 is 5.97 Å². The number of aromatic carboxylic acids is 1. The molecule has 0 amide bonds. The lowest BCUT2D eigenvalue weighted by molar-refractivity contribution is 0.0694. The fourth-order valence-corrected chi connectivity index (χ4v) is 2.06. The monoisotopic (exact) mass is 280 g/mol. The summed E-state index contributed by atoms with van der Waals surface area (Å²) in [4.78, 5) is 15.5. The number of nitrogen functional groups attached to an aromatic ring is 1. The molecule has 3 rings (SSSR count). The van der Waals surface area contributed by atoms with E-state index in [1.54, 1.807) is 24.4 Å². The van der Waals surface area contributed by atoms with Crippen LogP contribution in [0.2, 0.25) is 0 Å². The topological polar surface area (TPSA) is 85.4 Å². The summed E-state index contributed by atoms with van der Waals surface area (Å²) in [6.07, 6.45) is 1.54. The van der Waals surface area contributed by atoms with Gasteiger partial charge in [0.05, 0.1) is 17.4 Å². The van der Waals surface area contributed by atoms with Crippen molar-refractivity contribution in [3.05, 3.63) is 60.3 Å². The van der Waals surface area contributed by atoms with E-state index in [0.29, 0.717) is 5.75 Å². The summed E-state index contributed by atoms with van der Waals surface area (Å²) in [6.45, 7) is 0. The first-order chi connectivity index (χ1) is 10.1. The van der Waals surface area contributed by atoms with Crippen LogP contribution in [-0.4, -0.2) is 16.1 Å². The molecule has 0 atom stereocenters. The third-order valence-electron chi connectivity index (χ3n) is 3.06. The third kappa shape index (κ3) is 2.49. The second kappa shape index (κ2) is 5.13. The van der Waals surface area contributed by atoms with Crippen LogP contribution < -0.4 is 10.5 Å². The Labute approximate surface area is 120 Å². The number of nitrogens with two attached hydrogens (primary N) is 1. The predicted octanol–water partition coefficient (Wildman–Crippen LogP) is 3.31. The Hall–Kier alpha value is -3.08. The number of carboxylic acids is 1. The van der Waals surface area contributed by atoms with Crippen LogP contribution in [0.4, 0.5) is 5.69 Å². The van der Waals surface area contributed by atoms with Crippen molar-refractivity contribution in [2.75, 3.05) is 5.73 Å². The molecule has 0 radical (unpaired) electrons. The molecular weight excluding hydrogens is 268 g/mol. The van der Waals surface area contributed by atoms with Crippen LogP contribution >= 0.6 is 0 Å². The summed E-state index contributed by atoms with van der Waals surface area (Å²) in [7, 11) is 0. The Morgan fingerprint density at radius 2 is 1.95 bits per heavy atom. The molecule has 3 N–H and O–H groups in total. The van der Waals surface area contributed by atoms with Gasteiger partial charge in [-0.25, -0.2) is 4.79 Å². The van der Waals surface area contributed by atoms with Crippen molar-refractivity contribution in [3.63, 3.8) is 0 Å². The minimum Gasteiger partial charge on any atom is -0.478 e. The summed E-state index contributed by atoms with van der Waals surface area (Å²) in [5.74, 6) is -0.526. The van der Waals surface area contributed by atoms with E-state index >= 15 is 0 Å². The first-order valence-electron chi connectivity index (χ1n) is 6.29. The highest BCUT2D eigenvalue weighted by Gasteiger charge is 2.15. The molecule has 0 unspecified atom stereocenters. The van der Waals surface area contributed by atoms with Gasteiger partial charge in [0.1, 0.15) is 11.3 Å². The number of para-hydroxylation sites is 2. The number of carboxylic acid groups (broad SMARTS) is 1. The van der Waals surface area contributed by atoms with Gasteiger partial charge in [0.25, 0.3) is 0 Å². The maximum Gasteiger partial charge on any atom is 0.339 e. The van der Waals surface area contributed by atoms with Crippen LogP contribution in [-0.2, 0) is 0 Å². The van der Waals surface area contributed by atoms with Gasteiger partial charge in [-0.15, -0.1) is 0 Å². The molecule has 0 saturated heterocycles. The van der Waals surface area contributed by atoms with Crippen molar-refractivity contribution in [2.24, 2.45) is 0 Å². The van der Waals surface area contributed by atoms with Gasteiger partial charge in [-0.2, -0.15) is 0 Å². The van der Waals surface area contributed by atoms with Crippen LogP contribution in [0.5, 0.6) is 11.5 Å². The van der Waals surface area contributed by atoms with Crippen molar-refractivity contribution in [2.45, 2.75) is 0 Å². The van der Waals surface area contributed by atoms with Crippen molar-refractivity contribution in [3.8, 4) is 11.5 Å². The van der Waals surface area contributed by atoms with E-state index in [4.69, 9.17) is 10.5 Å². The second-order valence-corrected chi connectivity index (χ2v) is 4.49. The maximum absolute atomic E-state index is 11.2. The van der Waals surface area contributed by atoms with Gasteiger partial charge in [-0.3, -0.25) is 4.98 Å². The van der Waals surface area contributed by atoms with Crippen LogP contribution in [0.1, 0.15) is 10.4 Å². The lowest BCUT2D eigenvalue weighted by Gasteiger charge is -2.11. The van der Waals surface area contributed by atoms with Crippen molar-refractivity contribution < 1.29 is 14.6 Å². The third-order valence-corrected chi connectivity index (χ3v) is 3.06. The van der Waals surface area contributed by atoms with Gasteiger partial charge < -0.3 is 15.6 Å². The van der Waals surface area contributed by atoms with Gasteiger partial charge in [-0.1, -0.05) is 24.3 Å². The zero-order valence-electron chi connectivity index (χ0n) is 11.0.